The van der Waals surface area contributed by atoms with Crippen molar-refractivity contribution >= 4 is 22.9 Å². The van der Waals surface area contributed by atoms with E-state index in [9.17, 15) is 4.21 Å². The van der Waals surface area contributed by atoms with Crippen LogP contribution in [0.25, 0.3) is 6.08 Å². The Bertz CT molecular complexity index is 1060. The molecular formula is C20H19N3OS. The van der Waals surface area contributed by atoms with E-state index >= 15 is 0 Å². The highest BCUT2D eigenvalue weighted by Gasteiger charge is 2.33. The first kappa shape index (κ1) is 15.0. The minimum atomic E-state index is -1.29. The van der Waals surface area contributed by atoms with Crippen LogP contribution in [0, 0.1) is 12.8 Å². The number of allylic oxidation sites excluding steroid dienone is 1. The van der Waals surface area contributed by atoms with E-state index in [1.54, 1.807) is 0 Å². The molecule has 1 fully saturated rings. The van der Waals surface area contributed by atoms with E-state index in [4.69, 9.17) is 4.99 Å². The molecule has 4 nitrogen and oxygen atoms in total. The van der Waals surface area contributed by atoms with E-state index in [2.05, 4.69) is 54.1 Å². The number of anilines is 1. The molecule has 126 valence electrons. The Labute approximate surface area is 149 Å². The molecule has 3 atom stereocenters. The second-order valence-electron chi connectivity index (χ2n) is 6.99. The Balaban J connectivity index is 1.75. The quantitative estimate of drug-likeness (QED) is 0.844. The van der Waals surface area contributed by atoms with Crippen LogP contribution >= 0.6 is 0 Å². The van der Waals surface area contributed by atoms with Gasteiger partial charge in [0.15, 0.2) is 11.2 Å². The number of fused-ring (bicyclic) bond motifs is 4. The molecule has 1 aliphatic carbocycles. The minimum Gasteiger partial charge on any atom is -0.290 e. The van der Waals surface area contributed by atoms with Gasteiger partial charge in [0.25, 0.3) is 0 Å². The number of hydrogen-bond acceptors (Lipinski definition) is 2. The smallest absolute Gasteiger partial charge is 0.197 e. The lowest BCUT2D eigenvalue weighted by Crippen LogP contribution is -2.41. The van der Waals surface area contributed by atoms with Crippen LogP contribution < -0.4 is 15.3 Å². The van der Waals surface area contributed by atoms with Crippen molar-refractivity contribution in [1.29, 1.82) is 0 Å². The average molecular weight is 349 g/mol. The van der Waals surface area contributed by atoms with E-state index in [0.717, 1.165) is 33.8 Å². The second kappa shape index (κ2) is 5.38. The lowest BCUT2D eigenvalue weighted by Gasteiger charge is -2.34. The summed E-state index contributed by atoms with van der Waals surface area (Å²) in [6.07, 6.45) is 5.38. The molecule has 0 saturated heterocycles. The third-order valence-corrected chi connectivity index (χ3v) is 6.37. The maximum absolute atomic E-state index is 12.7. The molecule has 2 heterocycles. The number of benzene rings is 2. The number of nitrogens with zero attached hydrogens (tertiary/aromatic N) is 2. The second-order valence-corrected chi connectivity index (χ2v) is 8.27. The standard InChI is InChI=1S/C20H19N3OS/c1-12-3-5-13(6-4-12)20-17-8-7-14-9-15-10-16(15)11-21-18(14)19(17)22-25(24)23(20)2/h3-9,11,15,20,22H,10H2,1-2H3. The first-order chi connectivity index (χ1) is 12.1. The fraction of sp³-hybridized carbons (Fsp3) is 0.250. The summed E-state index contributed by atoms with van der Waals surface area (Å²) in [5.74, 6) is 0.535. The van der Waals surface area contributed by atoms with Gasteiger partial charge in [-0.25, -0.2) is 4.21 Å². The van der Waals surface area contributed by atoms with Gasteiger partial charge < -0.3 is 0 Å². The predicted molar refractivity (Wildman–Crippen MR) is 100 cm³/mol. The molecule has 2 aromatic rings. The van der Waals surface area contributed by atoms with Crippen LogP contribution in [-0.4, -0.2) is 15.6 Å². The zero-order chi connectivity index (χ0) is 17.1. The predicted octanol–water partition coefficient (Wildman–Crippen LogP) is 2.34. The highest BCUT2D eigenvalue weighted by Crippen LogP contribution is 2.40. The summed E-state index contributed by atoms with van der Waals surface area (Å²) in [4.78, 5) is 4.72. The monoisotopic (exact) mass is 349 g/mol. The van der Waals surface area contributed by atoms with Gasteiger partial charge in [0, 0.05) is 24.7 Å². The van der Waals surface area contributed by atoms with Gasteiger partial charge in [-0.05, 0) is 29.7 Å². The number of aryl methyl sites for hydroxylation is 1. The van der Waals surface area contributed by atoms with E-state index in [1.165, 1.54) is 11.1 Å². The maximum Gasteiger partial charge on any atom is 0.197 e. The third kappa shape index (κ3) is 2.38. The Morgan fingerprint density at radius 1 is 1.20 bits per heavy atom. The van der Waals surface area contributed by atoms with Crippen LogP contribution in [0.1, 0.15) is 29.2 Å². The molecule has 5 rings (SSSR count). The van der Waals surface area contributed by atoms with Crippen molar-refractivity contribution in [1.82, 2.24) is 4.31 Å². The lowest BCUT2D eigenvalue weighted by molar-refractivity contribution is 0.450. The summed E-state index contributed by atoms with van der Waals surface area (Å²) >= 11 is -1.29. The van der Waals surface area contributed by atoms with Crippen LogP contribution in [0.15, 0.2) is 53.2 Å². The maximum atomic E-state index is 12.7. The Kier molecular flexibility index (Phi) is 3.24. The van der Waals surface area contributed by atoms with E-state index < -0.39 is 11.2 Å². The van der Waals surface area contributed by atoms with Gasteiger partial charge in [-0.3, -0.25) is 9.71 Å². The molecule has 0 spiro atoms. The SMILES string of the molecule is Cc1ccc(C2c3ccc4c(c3NS(=O)N2C)=NC=C2CC2C=4)cc1. The third-order valence-electron chi connectivity index (χ3n) is 5.26. The van der Waals surface area contributed by atoms with Crippen molar-refractivity contribution in [2.45, 2.75) is 19.4 Å². The molecule has 3 unspecified atom stereocenters. The van der Waals surface area contributed by atoms with Gasteiger partial charge in [-0.1, -0.05) is 48.0 Å². The van der Waals surface area contributed by atoms with Crippen molar-refractivity contribution in [2.24, 2.45) is 10.9 Å². The van der Waals surface area contributed by atoms with E-state index in [1.807, 2.05) is 17.6 Å². The molecule has 25 heavy (non-hydrogen) atoms. The highest BCUT2D eigenvalue weighted by molar-refractivity contribution is 7.84. The molecule has 5 heteroatoms. The first-order valence-electron chi connectivity index (χ1n) is 8.51. The largest absolute Gasteiger partial charge is 0.290 e. The number of rotatable bonds is 1. The number of hydrogen-bond donors (Lipinski definition) is 1. The van der Waals surface area contributed by atoms with E-state index in [0.29, 0.717) is 5.92 Å². The molecule has 0 aromatic heterocycles. The van der Waals surface area contributed by atoms with Crippen molar-refractivity contribution in [3.05, 3.63) is 75.4 Å². The topological polar surface area (TPSA) is 44.7 Å². The molecule has 3 aliphatic rings. The van der Waals surface area contributed by atoms with Gasteiger partial charge >= 0.3 is 0 Å². The summed E-state index contributed by atoms with van der Waals surface area (Å²) in [5, 5.41) is 2.04. The normalized spacial score (nSPS) is 26.6. The summed E-state index contributed by atoms with van der Waals surface area (Å²) in [5.41, 5.74) is 5.76. The van der Waals surface area contributed by atoms with Gasteiger partial charge in [0.2, 0.25) is 0 Å². The molecule has 1 N–H and O–H groups in total. The summed E-state index contributed by atoms with van der Waals surface area (Å²) in [6.45, 7) is 2.08. The van der Waals surface area contributed by atoms with Crippen molar-refractivity contribution in [3.63, 3.8) is 0 Å². The van der Waals surface area contributed by atoms with Gasteiger partial charge in [-0.15, -0.1) is 0 Å². The molecule has 1 saturated carbocycles. The van der Waals surface area contributed by atoms with Crippen molar-refractivity contribution in [2.75, 3.05) is 11.8 Å². The molecule has 0 amide bonds. The Hall–Kier alpha value is -2.24. The molecule has 2 aliphatic heterocycles. The van der Waals surface area contributed by atoms with Crippen LogP contribution in [0.4, 0.5) is 5.69 Å². The van der Waals surface area contributed by atoms with Crippen LogP contribution in [0.2, 0.25) is 0 Å². The minimum absolute atomic E-state index is 0.0522. The molecule has 0 radical (unpaired) electrons. The molecule has 0 bridgehead atoms. The Morgan fingerprint density at radius 2 is 2.00 bits per heavy atom. The average Bonchev–Trinajstić information content (AvgIpc) is 3.35. The van der Waals surface area contributed by atoms with Gasteiger partial charge in [0.05, 0.1) is 17.1 Å². The molecular weight excluding hydrogens is 330 g/mol. The first-order valence-corrected chi connectivity index (χ1v) is 9.62. The summed E-state index contributed by atoms with van der Waals surface area (Å²) < 4.78 is 17.7. The summed E-state index contributed by atoms with van der Waals surface area (Å²) in [6, 6.07) is 12.7. The summed E-state index contributed by atoms with van der Waals surface area (Å²) in [7, 11) is 1.89. The van der Waals surface area contributed by atoms with Crippen molar-refractivity contribution in [3.8, 4) is 0 Å². The number of nitrogens with one attached hydrogen (secondary N) is 1. The van der Waals surface area contributed by atoms with Crippen LogP contribution in [-0.2, 0) is 11.2 Å². The van der Waals surface area contributed by atoms with Crippen LogP contribution in [0.5, 0.6) is 0 Å². The Morgan fingerprint density at radius 3 is 2.80 bits per heavy atom. The van der Waals surface area contributed by atoms with E-state index in [-0.39, 0.29) is 6.04 Å². The lowest BCUT2D eigenvalue weighted by atomic mass is 9.95. The zero-order valence-electron chi connectivity index (χ0n) is 14.2. The zero-order valence-corrected chi connectivity index (χ0v) is 15.0. The fourth-order valence-electron chi connectivity index (χ4n) is 3.69. The molecule has 2 aromatic carbocycles. The fourth-order valence-corrected chi connectivity index (χ4v) is 4.65. The van der Waals surface area contributed by atoms with Crippen LogP contribution in [0.3, 0.4) is 0 Å². The van der Waals surface area contributed by atoms with Crippen molar-refractivity contribution < 1.29 is 4.21 Å². The highest BCUT2D eigenvalue weighted by atomic mass is 32.2. The van der Waals surface area contributed by atoms with Gasteiger partial charge in [-0.2, -0.15) is 4.31 Å². The van der Waals surface area contributed by atoms with Gasteiger partial charge in [0.1, 0.15) is 0 Å².